The summed E-state index contributed by atoms with van der Waals surface area (Å²) in [5.74, 6) is 0. The minimum absolute atomic E-state index is 0.937. The second-order valence-electron chi connectivity index (χ2n) is 5.93. The molecule has 3 aromatic rings. The number of fused-ring (bicyclic) bond motifs is 2. The minimum atomic E-state index is 0.937. The monoisotopic (exact) mass is 311 g/mol. The highest BCUT2D eigenvalue weighted by molar-refractivity contribution is 7.10. The van der Waals surface area contributed by atoms with Gasteiger partial charge >= 0.3 is 0 Å². The van der Waals surface area contributed by atoms with Crippen molar-refractivity contribution in [2.75, 3.05) is 19.6 Å². The molecule has 1 aliphatic heterocycles. The lowest BCUT2D eigenvalue weighted by Crippen LogP contribution is -2.35. The Hall–Kier alpha value is -1.62. The zero-order valence-electron chi connectivity index (χ0n) is 12.6. The van der Waals surface area contributed by atoms with E-state index >= 15 is 0 Å². The molecule has 0 radical (unpaired) electrons. The van der Waals surface area contributed by atoms with Gasteiger partial charge in [0.15, 0.2) is 0 Å². The van der Waals surface area contributed by atoms with E-state index in [0.29, 0.717) is 0 Å². The predicted molar refractivity (Wildman–Crippen MR) is 93.3 cm³/mol. The summed E-state index contributed by atoms with van der Waals surface area (Å²) < 4.78 is 0. The molecule has 4 heteroatoms. The summed E-state index contributed by atoms with van der Waals surface area (Å²) in [6.07, 6.45) is 3.23. The Morgan fingerprint density at radius 1 is 1.23 bits per heavy atom. The van der Waals surface area contributed by atoms with Gasteiger partial charge in [0, 0.05) is 54.7 Å². The maximum atomic E-state index is 3.60. The molecule has 114 valence electrons. The van der Waals surface area contributed by atoms with Crippen LogP contribution in [0.25, 0.3) is 10.9 Å². The first-order valence-corrected chi connectivity index (χ1v) is 8.81. The summed E-state index contributed by atoms with van der Waals surface area (Å²) in [6, 6.07) is 10.9. The van der Waals surface area contributed by atoms with Gasteiger partial charge in [0.05, 0.1) is 0 Å². The van der Waals surface area contributed by atoms with Crippen LogP contribution in [-0.2, 0) is 19.5 Å². The van der Waals surface area contributed by atoms with Gasteiger partial charge in [0.2, 0.25) is 0 Å². The fourth-order valence-electron chi connectivity index (χ4n) is 3.26. The lowest BCUT2D eigenvalue weighted by atomic mass is 10.1. The van der Waals surface area contributed by atoms with E-state index in [0.717, 1.165) is 26.2 Å². The molecule has 22 heavy (non-hydrogen) atoms. The average Bonchev–Trinajstić information content (AvgIpc) is 3.19. The molecule has 0 fully saturated rings. The van der Waals surface area contributed by atoms with Gasteiger partial charge in [0.1, 0.15) is 0 Å². The van der Waals surface area contributed by atoms with Crippen molar-refractivity contribution in [1.82, 2.24) is 15.2 Å². The van der Waals surface area contributed by atoms with Crippen molar-refractivity contribution >= 4 is 22.2 Å². The standard InChI is InChI=1S/C18H21N3S/c1-2-14(16-4-7-20-17(16)3-1)12-19-8-10-21-9-5-18-15(13-21)6-11-22-18/h1-4,6-7,11,19-20H,5,8-10,12-13H2. The van der Waals surface area contributed by atoms with Gasteiger partial charge in [-0.05, 0) is 41.1 Å². The quantitative estimate of drug-likeness (QED) is 0.708. The van der Waals surface area contributed by atoms with Crippen molar-refractivity contribution in [2.24, 2.45) is 0 Å². The number of nitrogens with zero attached hydrogens (tertiary/aromatic N) is 1. The van der Waals surface area contributed by atoms with Crippen LogP contribution in [0.1, 0.15) is 16.0 Å². The Balaban J connectivity index is 1.29. The van der Waals surface area contributed by atoms with Crippen LogP contribution in [0.4, 0.5) is 0 Å². The van der Waals surface area contributed by atoms with E-state index in [1.165, 1.54) is 35.0 Å². The number of hydrogen-bond acceptors (Lipinski definition) is 3. The molecule has 1 aliphatic rings. The van der Waals surface area contributed by atoms with E-state index in [4.69, 9.17) is 0 Å². The largest absolute Gasteiger partial charge is 0.361 e. The molecule has 0 atom stereocenters. The van der Waals surface area contributed by atoms with Crippen LogP contribution in [0, 0.1) is 0 Å². The SMILES string of the molecule is c1cc(CNCCN2CCc3sccc3C2)c2cc[nH]c2c1. The number of aromatic amines is 1. The highest BCUT2D eigenvalue weighted by Gasteiger charge is 2.16. The van der Waals surface area contributed by atoms with Crippen LogP contribution in [0.3, 0.4) is 0 Å². The van der Waals surface area contributed by atoms with Crippen LogP contribution >= 0.6 is 11.3 Å². The molecule has 4 rings (SSSR count). The molecule has 3 nitrogen and oxygen atoms in total. The van der Waals surface area contributed by atoms with E-state index in [1.54, 1.807) is 4.88 Å². The molecule has 0 aliphatic carbocycles. The van der Waals surface area contributed by atoms with E-state index in [2.05, 4.69) is 50.9 Å². The zero-order valence-corrected chi connectivity index (χ0v) is 13.5. The summed E-state index contributed by atoms with van der Waals surface area (Å²) in [5, 5.41) is 7.15. The van der Waals surface area contributed by atoms with Crippen molar-refractivity contribution < 1.29 is 0 Å². The zero-order chi connectivity index (χ0) is 14.8. The summed E-state index contributed by atoms with van der Waals surface area (Å²) in [6.45, 7) is 5.42. The number of benzene rings is 1. The summed E-state index contributed by atoms with van der Waals surface area (Å²) in [5.41, 5.74) is 4.13. The lowest BCUT2D eigenvalue weighted by Gasteiger charge is -2.26. The third kappa shape index (κ3) is 2.82. The molecular formula is C18H21N3S. The molecule has 2 N–H and O–H groups in total. The minimum Gasteiger partial charge on any atom is -0.361 e. The normalized spacial score (nSPS) is 15.3. The van der Waals surface area contributed by atoms with E-state index in [-0.39, 0.29) is 0 Å². The van der Waals surface area contributed by atoms with E-state index in [1.807, 2.05) is 17.5 Å². The van der Waals surface area contributed by atoms with Gasteiger partial charge in [-0.15, -0.1) is 11.3 Å². The molecule has 2 aromatic heterocycles. The van der Waals surface area contributed by atoms with Crippen molar-refractivity contribution in [1.29, 1.82) is 0 Å². The number of aromatic nitrogens is 1. The second-order valence-corrected chi connectivity index (χ2v) is 6.93. The van der Waals surface area contributed by atoms with E-state index in [9.17, 15) is 0 Å². The Kier molecular flexibility index (Phi) is 3.97. The maximum Gasteiger partial charge on any atom is 0.0457 e. The summed E-state index contributed by atoms with van der Waals surface area (Å²) in [4.78, 5) is 7.41. The molecule has 0 bridgehead atoms. The van der Waals surface area contributed by atoms with Gasteiger partial charge in [-0.1, -0.05) is 12.1 Å². The van der Waals surface area contributed by atoms with Gasteiger partial charge in [-0.3, -0.25) is 4.90 Å². The number of hydrogen-bond donors (Lipinski definition) is 2. The highest BCUT2D eigenvalue weighted by Crippen LogP contribution is 2.23. The Labute approximate surface area is 135 Å². The van der Waals surface area contributed by atoms with Crippen LogP contribution in [-0.4, -0.2) is 29.5 Å². The summed E-state index contributed by atoms with van der Waals surface area (Å²) in [7, 11) is 0. The average molecular weight is 311 g/mol. The van der Waals surface area contributed by atoms with Crippen LogP contribution < -0.4 is 5.32 Å². The fraction of sp³-hybridized carbons (Fsp3) is 0.333. The molecule has 3 heterocycles. The predicted octanol–water partition coefficient (Wildman–Crippen LogP) is 3.38. The summed E-state index contributed by atoms with van der Waals surface area (Å²) >= 11 is 1.91. The molecule has 0 saturated carbocycles. The lowest BCUT2D eigenvalue weighted by molar-refractivity contribution is 0.255. The number of nitrogens with one attached hydrogen (secondary N) is 2. The first-order valence-electron chi connectivity index (χ1n) is 7.93. The molecular weight excluding hydrogens is 290 g/mol. The number of rotatable bonds is 5. The van der Waals surface area contributed by atoms with Crippen LogP contribution in [0.15, 0.2) is 41.9 Å². The maximum absolute atomic E-state index is 3.60. The van der Waals surface area contributed by atoms with Crippen molar-refractivity contribution in [3.05, 3.63) is 57.9 Å². The van der Waals surface area contributed by atoms with Gasteiger partial charge in [-0.25, -0.2) is 0 Å². The van der Waals surface area contributed by atoms with Crippen molar-refractivity contribution in [3.8, 4) is 0 Å². The highest BCUT2D eigenvalue weighted by atomic mass is 32.1. The molecule has 0 spiro atoms. The topological polar surface area (TPSA) is 31.1 Å². The number of H-pyrrole nitrogens is 1. The smallest absolute Gasteiger partial charge is 0.0457 e. The molecule has 0 unspecified atom stereocenters. The first kappa shape index (κ1) is 14.0. The van der Waals surface area contributed by atoms with Crippen LogP contribution in [0.5, 0.6) is 0 Å². The van der Waals surface area contributed by atoms with Crippen LogP contribution in [0.2, 0.25) is 0 Å². The fourth-order valence-corrected chi connectivity index (χ4v) is 4.15. The Bertz CT molecular complexity index is 758. The number of thiophene rings is 1. The van der Waals surface area contributed by atoms with Gasteiger partial charge in [0.25, 0.3) is 0 Å². The van der Waals surface area contributed by atoms with Crippen molar-refractivity contribution in [2.45, 2.75) is 19.5 Å². The van der Waals surface area contributed by atoms with Gasteiger partial charge < -0.3 is 10.3 Å². The first-order chi connectivity index (χ1) is 10.9. The Morgan fingerprint density at radius 2 is 2.23 bits per heavy atom. The van der Waals surface area contributed by atoms with Crippen molar-refractivity contribution in [3.63, 3.8) is 0 Å². The Morgan fingerprint density at radius 3 is 3.23 bits per heavy atom. The third-order valence-electron chi connectivity index (χ3n) is 4.49. The third-order valence-corrected chi connectivity index (χ3v) is 5.52. The second kappa shape index (κ2) is 6.24. The van der Waals surface area contributed by atoms with E-state index < -0.39 is 0 Å². The molecule has 1 aromatic carbocycles. The molecule has 0 saturated heterocycles. The van der Waals surface area contributed by atoms with Gasteiger partial charge in [-0.2, -0.15) is 0 Å². The molecule has 0 amide bonds.